The van der Waals surface area contributed by atoms with E-state index in [1.807, 2.05) is 0 Å². The Bertz CT molecular complexity index is 394. The molecule has 0 saturated heterocycles. The summed E-state index contributed by atoms with van der Waals surface area (Å²) in [7, 11) is 0. The van der Waals surface area contributed by atoms with Gasteiger partial charge in [0.05, 0.1) is 6.61 Å². The monoisotopic (exact) mass is 269 g/mol. The number of hydrogen-bond donors (Lipinski definition) is 1. The molecule has 0 radical (unpaired) electrons. The van der Waals surface area contributed by atoms with E-state index >= 15 is 0 Å². The van der Waals surface area contributed by atoms with E-state index < -0.39 is 11.6 Å². The second-order valence-corrected chi connectivity index (χ2v) is 5.07. The number of ether oxygens (including phenoxy) is 1. The van der Waals surface area contributed by atoms with Crippen LogP contribution in [0.1, 0.15) is 38.5 Å². The Morgan fingerprint density at radius 3 is 2.68 bits per heavy atom. The van der Waals surface area contributed by atoms with Gasteiger partial charge >= 0.3 is 0 Å². The van der Waals surface area contributed by atoms with Gasteiger partial charge in [-0.2, -0.15) is 0 Å². The molecule has 0 aliphatic heterocycles. The van der Waals surface area contributed by atoms with E-state index in [0.29, 0.717) is 6.61 Å². The summed E-state index contributed by atoms with van der Waals surface area (Å²) in [6.07, 6.45) is 6.91. The molecule has 1 aromatic rings. The van der Waals surface area contributed by atoms with Crippen LogP contribution in [0.3, 0.4) is 0 Å². The Morgan fingerprint density at radius 2 is 1.89 bits per heavy atom. The molecule has 2 rings (SSSR count). The molecule has 1 N–H and O–H groups in total. The maximum atomic E-state index is 13.2. The van der Waals surface area contributed by atoms with Gasteiger partial charge < -0.3 is 10.1 Å². The average molecular weight is 269 g/mol. The molecule has 0 unspecified atom stereocenters. The normalized spacial score (nSPS) is 14.6. The molecule has 0 amide bonds. The third kappa shape index (κ3) is 5.55. The highest BCUT2D eigenvalue weighted by Gasteiger charge is 2.19. The van der Waals surface area contributed by atoms with Gasteiger partial charge in [0.25, 0.3) is 0 Å². The van der Waals surface area contributed by atoms with Crippen molar-refractivity contribution in [3.8, 4) is 5.75 Å². The molecular weight excluding hydrogens is 248 g/mol. The molecular formula is C15H21F2NO. The molecule has 19 heavy (non-hydrogen) atoms. The van der Waals surface area contributed by atoms with Crippen molar-refractivity contribution in [1.82, 2.24) is 5.32 Å². The molecule has 1 saturated carbocycles. The van der Waals surface area contributed by atoms with Gasteiger partial charge in [0.2, 0.25) is 0 Å². The highest BCUT2D eigenvalue weighted by Crippen LogP contribution is 2.19. The standard InChI is InChI=1S/C15H21F2NO/c16-12-5-8-14(17)15(11-12)19-10-4-2-1-3-9-18-13-6-7-13/h5,8,11,13,18H,1-4,6-7,9-10H2. The van der Waals surface area contributed by atoms with Crippen molar-refractivity contribution in [3.05, 3.63) is 29.8 Å². The first-order valence-electron chi connectivity index (χ1n) is 7.07. The fourth-order valence-corrected chi connectivity index (χ4v) is 1.94. The molecule has 1 aliphatic carbocycles. The Kier molecular flexibility index (Phi) is 5.58. The second-order valence-electron chi connectivity index (χ2n) is 5.07. The van der Waals surface area contributed by atoms with Crippen molar-refractivity contribution in [2.75, 3.05) is 13.2 Å². The van der Waals surface area contributed by atoms with Gasteiger partial charge in [-0.25, -0.2) is 8.78 Å². The quantitative estimate of drug-likeness (QED) is 0.691. The van der Waals surface area contributed by atoms with Crippen LogP contribution < -0.4 is 10.1 Å². The molecule has 1 fully saturated rings. The van der Waals surface area contributed by atoms with E-state index in [4.69, 9.17) is 4.74 Å². The lowest BCUT2D eigenvalue weighted by Crippen LogP contribution is -2.17. The zero-order valence-electron chi connectivity index (χ0n) is 11.1. The summed E-state index contributed by atoms with van der Waals surface area (Å²) in [5, 5.41) is 3.46. The van der Waals surface area contributed by atoms with Crippen LogP contribution in [-0.2, 0) is 0 Å². The average Bonchev–Trinajstić information content (AvgIpc) is 3.20. The summed E-state index contributed by atoms with van der Waals surface area (Å²) in [6.45, 7) is 1.53. The Morgan fingerprint density at radius 1 is 1.11 bits per heavy atom. The van der Waals surface area contributed by atoms with Crippen LogP contribution in [-0.4, -0.2) is 19.2 Å². The van der Waals surface area contributed by atoms with Crippen LogP contribution >= 0.6 is 0 Å². The van der Waals surface area contributed by atoms with Gasteiger partial charge in [-0.15, -0.1) is 0 Å². The molecule has 106 valence electrons. The van der Waals surface area contributed by atoms with E-state index in [0.717, 1.165) is 50.0 Å². The fraction of sp³-hybridized carbons (Fsp3) is 0.600. The van der Waals surface area contributed by atoms with E-state index in [2.05, 4.69) is 5.32 Å². The molecule has 4 heteroatoms. The maximum Gasteiger partial charge on any atom is 0.165 e. The van der Waals surface area contributed by atoms with Gasteiger partial charge in [-0.05, 0) is 44.4 Å². The zero-order valence-corrected chi connectivity index (χ0v) is 11.1. The predicted molar refractivity (Wildman–Crippen MR) is 71.3 cm³/mol. The van der Waals surface area contributed by atoms with Crippen LogP contribution in [0.4, 0.5) is 8.78 Å². The van der Waals surface area contributed by atoms with E-state index in [1.165, 1.54) is 19.3 Å². The summed E-state index contributed by atoms with van der Waals surface area (Å²) in [6, 6.07) is 4.05. The Labute approximate surface area is 113 Å². The van der Waals surface area contributed by atoms with E-state index in [1.54, 1.807) is 0 Å². The Hall–Kier alpha value is -1.16. The predicted octanol–water partition coefficient (Wildman–Crippen LogP) is 3.66. The molecule has 0 aromatic heterocycles. The van der Waals surface area contributed by atoms with Gasteiger partial charge in [-0.1, -0.05) is 12.8 Å². The smallest absolute Gasteiger partial charge is 0.165 e. The summed E-state index contributed by atoms with van der Waals surface area (Å²) >= 11 is 0. The minimum atomic E-state index is -0.505. The summed E-state index contributed by atoms with van der Waals surface area (Å²) < 4.78 is 31.3. The first-order valence-corrected chi connectivity index (χ1v) is 7.07. The van der Waals surface area contributed by atoms with Crippen LogP contribution in [0, 0.1) is 11.6 Å². The largest absolute Gasteiger partial charge is 0.490 e. The lowest BCUT2D eigenvalue weighted by atomic mass is 10.2. The van der Waals surface area contributed by atoms with Crippen molar-refractivity contribution in [2.24, 2.45) is 0 Å². The summed E-state index contributed by atoms with van der Waals surface area (Å²) in [5.41, 5.74) is 0. The van der Waals surface area contributed by atoms with Gasteiger partial charge in [0.1, 0.15) is 5.82 Å². The SMILES string of the molecule is Fc1ccc(F)c(OCCCCCCNC2CC2)c1. The Balaban J connectivity index is 1.49. The number of benzene rings is 1. The lowest BCUT2D eigenvalue weighted by Gasteiger charge is -2.07. The van der Waals surface area contributed by atoms with Crippen LogP contribution in [0.5, 0.6) is 5.75 Å². The molecule has 2 nitrogen and oxygen atoms in total. The third-order valence-corrected chi connectivity index (χ3v) is 3.23. The second kappa shape index (κ2) is 7.43. The number of halogens is 2. The lowest BCUT2D eigenvalue weighted by molar-refractivity contribution is 0.288. The van der Waals surface area contributed by atoms with Gasteiger partial charge in [0, 0.05) is 12.1 Å². The van der Waals surface area contributed by atoms with Crippen molar-refractivity contribution in [2.45, 2.75) is 44.6 Å². The molecule has 0 bridgehead atoms. The number of hydrogen-bond acceptors (Lipinski definition) is 2. The van der Waals surface area contributed by atoms with Crippen molar-refractivity contribution < 1.29 is 13.5 Å². The maximum absolute atomic E-state index is 13.2. The number of rotatable bonds is 9. The van der Waals surface area contributed by atoms with Crippen LogP contribution in [0.2, 0.25) is 0 Å². The first kappa shape index (κ1) is 14.3. The fourth-order valence-electron chi connectivity index (χ4n) is 1.94. The van der Waals surface area contributed by atoms with Crippen LogP contribution in [0.25, 0.3) is 0 Å². The van der Waals surface area contributed by atoms with E-state index in [9.17, 15) is 8.78 Å². The molecule has 1 aliphatic rings. The van der Waals surface area contributed by atoms with Crippen molar-refractivity contribution in [3.63, 3.8) is 0 Å². The summed E-state index contributed by atoms with van der Waals surface area (Å²) in [4.78, 5) is 0. The summed E-state index contributed by atoms with van der Waals surface area (Å²) in [5.74, 6) is -0.965. The first-order chi connectivity index (χ1) is 9.25. The molecule has 0 spiro atoms. The van der Waals surface area contributed by atoms with Crippen molar-refractivity contribution >= 4 is 0 Å². The van der Waals surface area contributed by atoms with Gasteiger partial charge in [-0.3, -0.25) is 0 Å². The number of nitrogens with one attached hydrogen (secondary N) is 1. The molecule has 1 aromatic carbocycles. The van der Waals surface area contributed by atoms with Crippen molar-refractivity contribution in [1.29, 1.82) is 0 Å². The number of unbranched alkanes of at least 4 members (excludes halogenated alkanes) is 3. The highest BCUT2D eigenvalue weighted by atomic mass is 19.1. The van der Waals surface area contributed by atoms with E-state index in [-0.39, 0.29) is 5.75 Å². The minimum Gasteiger partial charge on any atom is -0.490 e. The zero-order chi connectivity index (χ0) is 13.5. The topological polar surface area (TPSA) is 21.3 Å². The molecule has 0 heterocycles. The van der Waals surface area contributed by atoms with Crippen LogP contribution in [0.15, 0.2) is 18.2 Å². The minimum absolute atomic E-state index is 0.00963. The van der Waals surface area contributed by atoms with Gasteiger partial charge in [0.15, 0.2) is 11.6 Å². The molecule has 0 atom stereocenters. The third-order valence-electron chi connectivity index (χ3n) is 3.23. The highest BCUT2D eigenvalue weighted by molar-refractivity contribution is 5.24.